The van der Waals surface area contributed by atoms with Gasteiger partial charge < -0.3 is 14.6 Å². The van der Waals surface area contributed by atoms with Gasteiger partial charge in [-0.05, 0) is 32.0 Å². The molecule has 0 saturated carbocycles. The number of hydrogen-bond donors (Lipinski definition) is 1. The van der Waals surface area contributed by atoms with E-state index in [1.807, 2.05) is 6.92 Å². The molecule has 1 rings (SSSR count). The zero-order chi connectivity index (χ0) is 10.9. The molecular weight excluding hydrogens is 188 g/mol. The predicted octanol–water partition coefficient (Wildman–Crippen LogP) is 2.02. The van der Waals surface area contributed by atoms with Crippen LogP contribution < -0.4 is 5.32 Å². The van der Waals surface area contributed by atoms with Crippen LogP contribution in [0.3, 0.4) is 0 Å². The quantitative estimate of drug-likeness (QED) is 0.664. The van der Waals surface area contributed by atoms with Gasteiger partial charge in [-0.3, -0.25) is 0 Å². The van der Waals surface area contributed by atoms with Crippen LogP contribution in [-0.2, 0) is 17.8 Å². The first-order valence-electron chi connectivity index (χ1n) is 5.81. The molecule has 3 heteroatoms. The van der Waals surface area contributed by atoms with Crippen molar-refractivity contribution in [1.82, 2.24) is 9.88 Å². The highest BCUT2D eigenvalue weighted by molar-refractivity contribution is 5.06. The fourth-order valence-corrected chi connectivity index (χ4v) is 1.53. The standard InChI is InChI=1S/C12H22N2O/c1-3-7-13-11-12-6-5-8-14(12)9-10-15-4-2/h5-6,8,13H,3-4,7,9-11H2,1-2H3. The molecule has 0 radical (unpaired) electrons. The van der Waals surface area contributed by atoms with Crippen molar-refractivity contribution in [3.63, 3.8) is 0 Å². The minimum absolute atomic E-state index is 0.796. The van der Waals surface area contributed by atoms with Gasteiger partial charge in [0.05, 0.1) is 6.61 Å². The summed E-state index contributed by atoms with van der Waals surface area (Å²) in [4.78, 5) is 0. The van der Waals surface area contributed by atoms with Gasteiger partial charge >= 0.3 is 0 Å². The van der Waals surface area contributed by atoms with Gasteiger partial charge in [-0.1, -0.05) is 6.92 Å². The Labute approximate surface area is 92.4 Å². The second-order valence-corrected chi connectivity index (χ2v) is 3.57. The van der Waals surface area contributed by atoms with Crippen molar-refractivity contribution in [1.29, 1.82) is 0 Å². The van der Waals surface area contributed by atoms with Crippen molar-refractivity contribution < 1.29 is 4.74 Å². The third-order valence-electron chi connectivity index (χ3n) is 2.34. The monoisotopic (exact) mass is 210 g/mol. The topological polar surface area (TPSA) is 26.2 Å². The lowest BCUT2D eigenvalue weighted by atomic mass is 10.4. The lowest BCUT2D eigenvalue weighted by molar-refractivity contribution is 0.138. The SMILES string of the molecule is CCCNCc1cccn1CCOCC. The summed E-state index contributed by atoms with van der Waals surface area (Å²) >= 11 is 0. The van der Waals surface area contributed by atoms with Crippen LogP contribution in [-0.4, -0.2) is 24.3 Å². The maximum Gasteiger partial charge on any atom is 0.0645 e. The molecule has 1 heterocycles. The molecule has 0 bridgehead atoms. The van der Waals surface area contributed by atoms with E-state index in [4.69, 9.17) is 4.74 Å². The lowest BCUT2D eigenvalue weighted by Crippen LogP contribution is -2.17. The molecule has 86 valence electrons. The highest BCUT2D eigenvalue weighted by Crippen LogP contribution is 2.02. The van der Waals surface area contributed by atoms with Gasteiger partial charge in [0.25, 0.3) is 0 Å². The minimum atomic E-state index is 0.796. The van der Waals surface area contributed by atoms with Gasteiger partial charge in [-0.25, -0.2) is 0 Å². The maximum atomic E-state index is 5.35. The van der Waals surface area contributed by atoms with Crippen LogP contribution >= 0.6 is 0 Å². The van der Waals surface area contributed by atoms with Crippen molar-refractivity contribution in [2.45, 2.75) is 33.4 Å². The summed E-state index contributed by atoms with van der Waals surface area (Å²) in [6.07, 6.45) is 3.29. The molecule has 1 aromatic rings. The largest absolute Gasteiger partial charge is 0.380 e. The zero-order valence-corrected chi connectivity index (χ0v) is 9.83. The number of nitrogens with zero attached hydrogens (tertiary/aromatic N) is 1. The maximum absolute atomic E-state index is 5.35. The van der Waals surface area contributed by atoms with Gasteiger partial charge in [0.1, 0.15) is 0 Å². The Morgan fingerprint density at radius 2 is 2.27 bits per heavy atom. The van der Waals surface area contributed by atoms with Crippen molar-refractivity contribution in [3.05, 3.63) is 24.0 Å². The van der Waals surface area contributed by atoms with Crippen molar-refractivity contribution in [2.24, 2.45) is 0 Å². The van der Waals surface area contributed by atoms with Crippen LogP contribution in [0.4, 0.5) is 0 Å². The fourth-order valence-electron chi connectivity index (χ4n) is 1.53. The highest BCUT2D eigenvalue weighted by Gasteiger charge is 1.99. The highest BCUT2D eigenvalue weighted by atomic mass is 16.5. The zero-order valence-electron chi connectivity index (χ0n) is 9.83. The Morgan fingerprint density at radius 1 is 1.40 bits per heavy atom. The Hall–Kier alpha value is -0.800. The second-order valence-electron chi connectivity index (χ2n) is 3.57. The minimum Gasteiger partial charge on any atom is -0.380 e. The molecule has 0 aliphatic carbocycles. The smallest absolute Gasteiger partial charge is 0.0645 e. The summed E-state index contributed by atoms with van der Waals surface area (Å²) in [6, 6.07) is 4.25. The summed E-state index contributed by atoms with van der Waals surface area (Å²) < 4.78 is 7.59. The number of hydrogen-bond acceptors (Lipinski definition) is 2. The third kappa shape index (κ3) is 4.49. The molecule has 3 nitrogen and oxygen atoms in total. The summed E-state index contributed by atoms with van der Waals surface area (Å²) in [5.74, 6) is 0. The average Bonchev–Trinajstić information content (AvgIpc) is 2.67. The second kappa shape index (κ2) is 7.49. The van der Waals surface area contributed by atoms with Crippen LogP contribution in [0.2, 0.25) is 0 Å². The molecule has 0 aliphatic heterocycles. The molecule has 0 atom stereocenters. The van der Waals surface area contributed by atoms with Crippen LogP contribution in [0.5, 0.6) is 0 Å². The number of aromatic nitrogens is 1. The molecule has 1 aromatic heterocycles. The van der Waals surface area contributed by atoms with E-state index in [0.29, 0.717) is 0 Å². The first kappa shape index (κ1) is 12.3. The summed E-state index contributed by atoms with van der Waals surface area (Å²) in [5.41, 5.74) is 1.34. The Kier molecular flexibility index (Phi) is 6.12. The van der Waals surface area contributed by atoms with Crippen LogP contribution in [0.1, 0.15) is 26.0 Å². The molecule has 1 N–H and O–H groups in total. The molecule has 0 spiro atoms. The van der Waals surface area contributed by atoms with Crippen LogP contribution in [0.25, 0.3) is 0 Å². The van der Waals surface area contributed by atoms with Gasteiger partial charge in [-0.2, -0.15) is 0 Å². The van der Waals surface area contributed by atoms with Crippen molar-refractivity contribution in [2.75, 3.05) is 19.8 Å². The van der Waals surface area contributed by atoms with E-state index in [1.54, 1.807) is 0 Å². The summed E-state index contributed by atoms with van der Waals surface area (Å²) in [6.45, 7) is 8.78. The van der Waals surface area contributed by atoms with Gasteiger partial charge in [0, 0.05) is 31.6 Å². The van der Waals surface area contributed by atoms with E-state index in [2.05, 4.69) is 35.1 Å². The van der Waals surface area contributed by atoms with Gasteiger partial charge in [0.2, 0.25) is 0 Å². The van der Waals surface area contributed by atoms with Gasteiger partial charge in [-0.15, -0.1) is 0 Å². The number of rotatable bonds is 8. The van der Waals surface area contributed by atoms with Gasteiger partial charge in [0.15, 0.2) is 0 Å². The molecule has 0 aliphatic rings. The Balaban J connectivity index is 2.32. The van der Waals surface area contributed by atoms with E-state index in [1.165, 1.54) is 12.1 Å². The molecule has 0 saturated heterocycles. The van der Waals surface area contributed by atoms with Crippen LogP contribution in [0.15, 0.2) is 18.3 Å². The fraction of sp³-hybridized carbons (Fsp3) is 0.667. The third-order valence-corrected chi connectivity index (χ3v) is 2.34. The molecule has 0 amide bonds. The van der Waals surface area contributed by atoms with E-state index in [0.717, 1.165) is 32.8 Å². The number of ether oxygens (including phenoxy) is 1. The first-order chi connectivity index (χ1) is 7.38. The lowest BCUT2D eigenvalue weighted by Gasteiger charge is -2.09. The summed E-state index contributed by atoms with van der Waals surface area (Å²) in [7, 11) is 0. The molecule has 15 heavy (non-hydrogen) atoms. The Morgan fingerprint density at radius 3 is 3.00 bits per heavy atom. The van der Waals surface area contributed by atoms with E-state index in [9.17, 15) is 0 Å². The molecule has 0 unspecified atom stereocenters. The van der Waals surface area contributed by atoms with E-state index < -0.39 is 0 Å². The summed E-state index contributed by atoms with van der Waals surface area (Å²) in [5, 5.41) is 3.41. The van der Waals surface area contributed by atoms with Crippen molar-refractivity contribution in [3.8, 4) is 0 Å². The Bertz CT molecular complexity index is 233. The number of nitrogens with one attached hydrogen (secondary N) is 1. The van der Waals surface area contributed by atoms with Crippen LogP contribution in [0, 0.1) is 0 Å². The van der Waals surface area contributed by atoms with Crippen molar-refractivity contribution >= 4 is 0 Å². The average molecular weight is 210 g/mol. The predicted molar refractivity (Wildman–Crippen MR) is 62.9 cm³/mol. The molecule has 0 fully saturated rings. The molecule has 0 aromatic carbocycles. The molecular formula is C12H22N2O. The normalized spacial score (nSPS) is 10.8. The first-order valence-corrected chi connectivity index (χ1v) is 5.81. The van der Waals surface area contributed by atoms with E-state index >= 15 is 0 Å². The van der Waals surface area contributed by atoms with E-state index in [-0.39, 0.29) is 0 Å².